The molecule has 0 radical (unpaired) electrons. The van der Waals surface area contributed by atoms with Gasteiger partial charge in [0.2, 0.25) is 0 Å². The maximum absolute atomic E-state index is 4.92. The third kappa shape index (κ3) is 3.28. The lowest BCUT2D eigenvalue weighted by atomic mass is 10.5. The summed E-state index contributed by atoms with van der Waals surface area (Å²) in [6.45, 7) is 4.23. The number of oxime groups is 1. The smallest absolute Gasteiger partial charge is 0.120 e. The van der Waals surface area contributed by atoms with Gasteiger partial charge in [-0.25, -0.2) is 0 Å². The monoisotopic (exact) mass is 139 g/mol. The van der Waals surface area contributed by atoms with Crippen LogP contribution in [-0.2, 0) is 4.84 Å². The first-order valence-electron chi connectivity index (χ1n) is 3.70. The van der Waals surface area contributed by atoms with Crippen LogP contribution in [0.2, 0.25) is 0 Å². The minimum absolute atomic E-state index is 0.659. The van der Waals surface area contributed by atoms with Crippen molar-refractivity contribution in [2.24, 2.45) is 11.1 Å². The molecular formula is C8H13NO. The van der Waals surface area contributed by atoms with Crippen molar-refractivity contribution in [3.8, 4) is 0 Å². The summed E-state index contributed by atoms with van der Waals surface area (Å²) in [7, 11) is 0. The van der Waals surface area contributed by atoms with Gasteiger partial charge in [0.1, 0.15) is 6.61 Å². The summed E-state index contributed by atoms with van der Waals surface area (Å²) < 4.78 is 0. The van der Waals surface area contributed by atoms with E-state index in [2.05, 4.69) is 11.7 Å². The van der Waals surface area contributed by atoms with Gasteiger partial charge in [-0.05, 0) is 18.8 Å². The van der Waals surface area contributed by atoms with E-state index < -0.39 is 0 Å². The first-order chi connectivity index (χ1) is 4.93. The molecule has 0 aliphatic heterocycles. The van der Waals surface area contributed by atoms with Crippen LogP contribution in [-0.4, -0.2) is 12.8 Å². The fourth-order valence-electron chi connectivity index (χ4n) is 0.563. The van der Waals surface area contributed by atoms with Gasteiger partial charge in [-0.2, -0.15) is 0 Å². The van der Waals surface area contributed by atoms with Crippen LogP contribution in [0.15, 0.2) is 17.8 Å². The van der Waals surface area contributed by atoms with Crippen LogP contribution in [0.3, 0.4) is 0 Å². The van der Waals surface area contributed by atoms with Crippen LogP contribution in [0.1, 0.15) is 19.3 Å². The van der Waals surface area contributed by atoms with Crippen molar-refractivity contribution >= 4 is 6.21 Å². The van der Waals surface area contributed by atoms with Crippen LogP contribution < -0.4 is 0 Å². The first-order valence-corrected chi connectivity index (χ1v) is 3.70. The standard InChI is InChI=1S/C8H13NO/c1-2-3-6-10-9-7-8-4-5-8/h2,7-8H,1,3-6H2. The summed E-state index contributed by atoms with van der Waals surface area (Å²) in [4.78, 5) is 4.92. The lowest BCUT2D eigenvalue weighted by Crippen LogP contribution is -1.85. The van der Waals surface area contributed by atoms with Gasteiger partial charge in [-0.3, -0.25) is 0 Å². The molecule has 0 unspecified atom stereocenters. The summed E-state index contributed by atoms with van der Waals surface area (Å²) in [6.07, 6.45) is 7.17. The average molecular weight is 139 g/mol. The van der Waals surface area contributed by atoms with E-state index in [1.807, 2.05) is 12.3 Å². The maximum atomic E-state index is 4.92. The molecule has 0 bridgehead atoms. The van der Waals surface area contributed by atoms with Gasteiger partial charge < -0.3 is 4.84 Å². The Morgan fingerprint density at radius 3 is 3.00 bits per heavy atom. The highest BCUT2D eigenvalue weighted by Gasteiger charge is 2.18. The average Bonchev–Trinajstić information content (AvgIpc) is 2.71. The SMILES string of the molecule is C=CCCON=CC1CC1. The molecule has 1 saturated carbocycles. The van der Waals surface area contributed by atoms with Gasteiger partial charge in [0, 0.05) is 12.6 Å². The number of rotatable bonds is 5. The van der Waals surface area contributed by atoms with Gasteiger partial charge in [0.15, 0.2) is 0 Å². The normalized spacial score (nSPS) is 17.6. The van der Waals surface area contributed by atoms with Gasteiger partial charge in [0.25, 0.3) is 0 Å². The van der Waals surface area contributed by atoms with E-state index in [4.69, 9.17) is 4.84 Å². The molecule has 0 heterocycles. The molecule has 10 heavy (non-hydrogen) atoms. The zero-order valence-corrected chi connectivity index (χ0v) is 6.12. The lowest BCUT2D eigenvalue weighted by molar-refractivity contribution is 0.150. The second-order valence-electron chi connectivity index (χ2n) is 2.50. The Bertz CT molecular complexity index is 127. The van der Waals surface area contributed by atoms with Crippen LogP contribution in [0.4, 0.5) is 0 Å². The molecule has 0 atom stereocenters. The van der Waals surface area contributed by atoms with Crippen molar-refractivity contribution in [2.45, 2.75) is 19.3 Å². The molecule has 1 rings (SSSR count). The van der Waals surface area contributed by atoms with Crippen molar-refractivity contribution in [2.75, 3.05) is 6.61 Å². The highest BCUT2D eigenvalue weighted by Crippen LogP contribution is 2.26. The van der Waals surface area contributed by atoms with Crippen molar-refractivity contribution in [3.05, 3.63) is 12.7 Å². The van der Waals surface area contributed by atoms with Crippen LogP contribution in [0.5, 0.6) is 0 Å². The summed E-state index contributed by atoms with van der Waals surface area (Å²) in [5, 5.41) is 3.80. The topological polar surface area (TPSA) is 21.6 Å². The predicted octanol–water partition coefficient (Wildman–Crippen LogP) is 1.97. The van der Waals surface area contributed by atoms with Gasteiger partial charge in [-0.15, -0.1) is 6.58 Å². The molecule has 1 fully saturated rings. The van der Waals surface area contributed by atoms with Gasteiger partial charge >= 0.3 is 0 Å². The summed E-state index contributed by atoms with van der Waals surface area (Å²) in [6, 6.07) is 0. The Balaban J connectivity index is 1.87. The van der Waals surface area contributed by atoms with E-state index in [-0.39, 0.29) is 0 Å². The minimum atomic E-state index is 0.659. The third-order valence-electron chi connectivity index (χ3n) is 1.38. The molecule has 0 amide bonds. The highest BCUT2D eigenvalue weighted by atomic mass is 16.6. The van der Waals surface area contributed by atoms with Crippen molar-refractivity contribution in [3.63, 3.8) is 0 Å². The van der Waals surface area contributed by atoms with Crippen LogP contribution in [0, 0.1) is 5.92 Å². The third-order valence-corrected chi connectivity index (χ3v) is 1.38. The largest absolute Gasteiger partial charge is 0.396 e. The fourth-order valence-corrected chi connectivity index (χ4v) is 0.563. The Kier molecular flexibility index (Phi) is 3.00. The molecule has 2 nitrogen and oxygen atoms in total. The minimum Gasteiger partial charge on any atom is -0.396 e. The second kappa shape index (κ2) is 4.09. The summed E-state index contributed by atoms with van der Waals surface area (Å²) >= 11 is 0. The van der Waals surface area contributed by atoms with E-state index in [0.29, 0.717) is 12.5 Å². The Hall–Kier alpha value is -0.790. The molecule has 0 aromatic rings. The Morgan fingerprint density at radius 2 is 2.40 bits per heavy atom. The van der Waals surface area contributed by atoms with E-state index >= 15 is 0 Å². The highest BCUT2D eigenvalue weighted by molar-refractivity contribution is 5.62. The maximum Gasteiger partial charge on any atom is 0.120 e. The lowest BCUT2D eigenvalue weighted by Gasteiger charge is -1.92. The van der Waals surface area contributed by atoms with Gasteiger partial charge in [-0.1, -0.05) is 11.2 Å². The zero-order chi connectivity index (χ0) is 7.23. The van der Waals surface area contributed by atoms with Crippen LogP contribution in [0.25, 0.3) is 0 Å². The molecule has 0 aromatic heterocycles. The molecule has 56 valence electrons. The molecular weight excluding hydrogens is 126 g/mol. The summed E-state index contributed by atoms with van der Waals surface area (Å²) in [5.74, 6) is 0.712. The molecule has 0 saturated heterocycles. The van der Waals surface area contributed by atoms with Crippen LogP contribution >= 0.6 is 0 Å². The predicted molar refractivity (Wildman–Crippen MR) is 42.0 cm³/mol. The molecule has 0 N–H and O–H groups in total. The first kappa shape index (κ1) is 7.32. The molecule has 0 spiro atoms. The number of hydrogen-bond acceptors (Lipinski definition) is 2. The zero-order valence-electron chi connectivity index (χ0n) is 6.12. The quantitative estimate of drug-likeness (QED) is 0.247. The van der Waals surface area contributed by atoms with E-state index in [1.165, 1.54) is 12.8 Å². The molecule has 2 heteroatoms. The van der Waals surface area contributed by atoms with Crippen molar-refractivity contribution in [1.29, 1.82) is 0 Å². The summed E-state index contributed by atoms with van der Waals surface area (Å²) in [5.41, 5.74) is 0. The molecule has 1 aliphatic rings. The van der Waals surface area contributed by atoms with Gasteiger partial charge in [0.05, 0.1) is 0 Å². The van der Waals surface area contributed by atoms with Crippen molar-refractivity contribution < 1.29 is 4.84 Å². The number of nitrogens with zero attached hydrogens (tertiary/aromatic N) is 1. The second-order valence-corrected chi connectivity index (χ2v) is 2.50. The van der Waals surface area contributed by atoms with E-state index in [1.54, 1.807) is 0 Å². The Morgan fingerprint density at radius 1 is 1.60 bits per heavy atom. The Labute approximate surface area is 61.6 Å². The molecule has 0 aromatic carbocycles. The molecule has 1 aliphatic carbocycles. The van der Waals surface area contributed by atoms with E-state index in [0.717, 1.165) is 6.42 Å². The number of hydrogen-bond donors (Lipinski definition) is 0. The fraction of sp³-hybridized carbons (Fsp3) is 0.625. The van der Waals surface area contributed by atoms with E-state index in [9.17, 15) is 0 Å². The van der Waals surface area contributed by atoms with Crippen molar-refractivity contribution in [1.82, 2.24) is 0 Å².